The standard InChI is InChI=1S/C21H24N6O2S2/c1-13-14(2)27(11-15-5-3-7-29-15)20(17(13)10-22)24-19(28)12-31-21-23-18(25-26-21)9-16-6-4-8-30-16/h4,6,8,15H,3,5,7,9,11-12H2,1-2H3,(H,24,28)(H,23,25,26). The molecule has 1 atom stereocenters. The van der Waals surface area contributed by atoms with Gasteiger partial charge in [-0.25, -0.2) is 4.98 Å². The zero-order chi connectivity index (χ0) is 21.8. The van der Waals surface area contributed by atoms with Gasteiger partial charge in [-0.3, -0.25) is 9.89 Å². The molecule has 1 fully saturated rings. The van der Waals surface area contributed by atoms with Gasteiger partial charge >= 0.3 is 0 Å². The maximum Gasteiger partial charge on any atom is 0.235 e. The second kappa shape index (κ2) is 9.68. The number of hydrogen-bond donors (Lipinski definition) is 2. The predicted octanol–water partition coefficient (Wildman–Crippen LogP) is 3.66. The number of H-pyrrole nitrogens is 1. The molecule has 1 amide bonds. The van der Waals surface area contributed by atoms with Crippen molar-refractivity contribution in [3.63, 3.8) is 0 Å². The van der Waals surface area contributed by atoms with Crippen LogP contribution in [0.3, 0.4) is 0 Å². The number of amides is 1. The highest BCUT2D eigenvalue weighted by Gasteiger charge is 2.24. The van der Waals surface area contributed by atoms with Crippen molar-refractivity contribution >= 4 is 34.8 Å². The average Bonchev–Trinajstić information content (AvgIpc) is 3.55. The third kappa shape index (κ3) is 5.01. The quantitative estimate of drug-likeness (QED) is 0.501. The molecule has 1 saturated heterocycles. The molecule has 8 nitrogen and oxygen atoms in total. The van der Waals surface area contributed by atoms with Crippen molar-refractivity contribution in [2.24, 2.45) is 0 Å². The summed E-state index contributed by atoms with van der Waals surface area (Å²) in [4.78, 5) is 18.3. The third-order valence-corrected chi connectivity index (χ3v) is 7.10. The van der Waals surface area contributed by atoms with Crippen molar-refractivity contribution < 1.29 is 9.53 Å². The summed E-state index contributed by atoms with van der Waals surface area (Å²) in [5.41, 5.74) is 2.36. The Hall–Kier alpha value is -2.61. The number of thioether (sulfide) groups is 1. The number of hydrogen-bond acceptors (Lipinski definition) is 7. The Kier molecular flexibility index (Phi) is 6.75. The first-order valence-corrected chi connectivity index (χ1v) is 12.0. The van der Waals surface area contributed by atoms with E-state index in [-0.39, 0.29) is 17.8 Å². The molecule has 2 N–H and O–H groups in total. The van der Waals surface area contributed by atoms with Crippen LogP contribution in [0.2, 0.25) is 0 Å². The van der Waals surface area contributed by atoms with Crippen molar-refractivity contribution in [2.75, 3.05) is 17.7 Å². The highest BCUT2D eigenvalue weighted by atomic mass is 32.2. The van der Waals surface area contributed by atoms with E-state index in [1.165, 1.54) is 16.6 Å². The first-order valence-electron chi connectivity index (χ1n) is 10.1. The van der Waals surface area contributed by atoms with Gasteiger partial charge in [0, 0.05) is 23.6 Å². The summed E-state index contributed by atoms with van der Waals surface area (Å²) < 4.78 is 7.76. The molecule has 0 aliphatic carbocycles. The Bertz CT molecular complexity index is 1090. The molecule has 3 aromatic heterocycles. The van der Waals surface area contributed by atoms with Crippen LogP contribution in [0.1, 0.15) is 40.4 Å². The van der Waals surface area contributed by atoms with Gasteiger partial charge in [-0.15, -0.1) is 16.4 Å². The van der Waals surface area contributed by atoms with E-state index in [9.17, 15) is 10.1 Å². The van der Waals surface area contributed by atoms with E-state index >= 15 is 0 Å². The van der Waals surface area contributed by atoms with Crippen LogP contribution in [0, 0.1) is 25.2 Å². The highest BCUT2D eigenvalue weighted by molar-refractivity contribution is 7.99. The van der Waals surface area contributed by atoms with Gasteiger partial charge in [-0.05, 0) is 43.7 Å². The number of nitrogens with one attached hydrogen (secondary N) is 2. The van der Waals surface area contributed by atoms with E-state index in [1.807, 2.05) is 29.9 Å². The molecule has 4 rings (SSSR count). The molecule has 0 saturated carbocycles. The fourth-order valence-corrected chi connectivity index (χ4v) is 4.97. The van der Waals surface area contributed by atoms with Crippen LogP contribution in [0.5, 0.6) is 0 Å². The van der Waals surface area contributed by atoms with Crippen LogP contribution in [0.4, 0.5) is 5.82 Å². The molecule has 1 unspecified atom stereocenters. The molecular weight excluding hydrogens is 432 g/mol. The second-order valence-corrected chi connectivity index (χ2v) is 9.42. The van der Waals surface area contributed by atoms with Gasteiger partial charge in [-0.1, -0.05) is 17.8 Å². The van der Waals surface area contributed by atoms with Crippen molar-refractivity contribution in [1.82, 2.24) is 19.7 Å². The minimum atomic E-state index is -0.197. The van der Waals surface area contributed by atoms with Gasteiger partial charge in [0.25, 0.3) is 0 Å². The Morgan fingerprint density at radius 2 is 2.39 bits per heavy atom. The lowest BCUT2D eigenvalue weighted by Gasteiger charge is -2.16. The molecular formula is C21H24N6O2S2. The Labute approximate surface area is 189 Å². The predicted molar refractivity (Wildman–Crippen MR) is 120 cm³/mol. The Balaban J connectivity index is 1.40. The number of thiophene rings is 1. The lowest BCUT2D eigenvalue weighted by Crippen LogP contribution is -2.22. The van der Waals surface area contributed by atoms with Crippen LogP contribution >= 0.6 is 23.1 Å². The maximum atomic E-state index is 12.7. The number of aromatic nitrogens is 4. The summed E-state index contributed by atoms with van der Waals surface area (Å²) in [5.74, 6) is 1.28. The van der Waals surface area contributed by atoms with Gasteiger partial charge in [0.15, 0.2) is 0 Å². The molecule has 4 heterocycles. The number of rotatable bonds is 8. The topological polar surface area (TPSA) is 109 Å². The number of carbonyl (C=O) groups excluding carboxylic acids is 1. The van der Waals surface area contributed by atoms with Crippen LogP contribution in [-0.4, -0.2) is 44.1 Å². The van der Waals surface area contributed by atoms with Gasteiger partial charge in [-0.2, -0.15) is 5.26 Å². The molecule has 0 radical (unpaired) electrons. The third-order valence-electron chi connectivity index (χ3n) is 5.37. The smallest absolute Gasteiger partial charge is 0.235 e. The molecule has 0 bridgehead atoms. The Morgan fingerprint density at radius 1 is 1.52 bits per heavy atom. The molecule has 10 heteroatoms. The summed E-state index contributed by atoms with van der Waals surface area (Å²) in [6, 6.07) is 6.30. The molecule has 3 aromatic rings. The van der Waals surface area contributed by atoms with E-state index in [0.29, 0.717) is 29.5 Å². The van der Waals surface area contributed by atoms with Crippen molar-refractivity contribution in [2.45, 2.75) is 50.9 Å². The average molecular weight is 457 g/mol. The van der Waals surface area contributed by atoms with Gasteiger partial charge in [0.2, 0.25) is 11.1 Å². The fourth-order valence-electron chi connectivity index (χ4n) is 3.65. The lowest BCUT2D eigenvalue weighted by molar-refractivity contribution is -0.113. The molecule has 1 aliphatic heterocycles. The summed E-state index contributed by atoms with van der Waals surface area (Å²) in [5, 5.41) is 22.3. The van der Waals surface area contributed by atoms with Gasteiger partial charge in [0.1, 0.15) is 17.7 Å². The molecule has 162 valence electrons. The molecule has 31 heavy (non-hydrogen) atoms. The van der Waals surface area contributed by atoms with E-state index in [1.54, 1.807) is 11.3 Å². The zero-order valence-electron chi connectivity index (χ0n) is 17.5. The monoisotopic (exact) mass is 456 g/mol. The SMILES string of the molecule is Cc1c(C#N)c(NC(=O)CSc2n[nH]c(Cc3cccs3)n2)n(CC2CCCO2)c1C. The maximum absolute atomic E-state index is 12.7. The number of aromatic amines is 1. The van der Waals surface area contributed by atoms with Crippen LogP contribution in [0.15, 0.2) is 22.7 Å². The van der Waals surface area contributed by atoms with Crippen LogP contribution in [0.25, 0.3) is 0 Å². The normalized spacial score (nSPS) is 15.8. The summed E-state index contributed by atoms with van der Waals surface area (Å²) in [6.07, 6.45) is 2.83. The Morgan fingerprint density at radius 3 is 3.10 bits per heavy atom. The van der Waals surface area contributed by atoms with Crippen LogP contribution in [-0.2, 0) is 22.5 Å². The summed E-state index contributed by atoms with van der Waals surface area (Å²) in [7, 11) is 0. The number of ether oxygens (including phenoxy) is 1. The zero-order valence-corrected chi connectivity index (χ0v) is 19.1. The van der Waals surface area contributed by atoms with Crippen molar-refractivity contribution in [1.29, 1.82) is 5.26 Å². The fraction of sp³-hybridized carbons (Fsp3) is 0.429. The van der Waals surface area contributed by atoms with Crippen molar-refractivity contribution in [3.05, 3.63) is 45.0 Å². The van der Waals surface area contributed by atoms with Crippen LogP contribution < -0.4 is 5.32 Å². The van der Waals surface area contributed by atoms with E-state index in [2.05, 4.69) is 32.6 Å². The largest absolute Gasteiger partial charge is 0.376 e. The first kappa shape index (κ1) is 21.6. The number of nitriles is 1. The molecule has 0 aromatic carbocycles. The molecule has 1 aliphatic rings. The van der Waals surface area contributed by atoms with Gasteiger partial charge in [0.05, 0.1) is 24.0 Å². The van der Waals surface area contributed by atoms with E-state index in [4.69, 9.17) is 4.74 Å². The van der Waals surface area contributed by atoms with E-state index < -0.39 is 0 Å². The summed E-state index contributed by atoms with van der Waals surface area (Å²) >= 11 is 2.93. The minimum Gasteiger partial charge on any atom is -0.376 e. The first-order chi connectivity index (χ1) is 15.0. The van der Waals surface area contributed by atoms with Crippen molar-refractivity contribution in [3.8, 4) is 6.07 Å². The number of nitrogens with zero attached hydrogens (tertiary/aromatic N) is 4. The highest BCUT2D eigenvalue weighted by Crippen LogP contribution is 2.28. The number of anilines is 1. The van der Waals surface area contributed by atoms with Gasteiger partial charge < -0.3 is 14.6 Å². The summed E-state index contributed by atoms with van der Waals surface area (Å²) in [6.45, 7) is 5.27. The second-order valence-electron chi connectivity index (χ2n) is 7.45. The number of carbonyl (C=O) groups is 1. The molecule has 0 spiro atoms. The van der Waals surface area contributed by atoms with E-state index in [0.717, 1.165) is 36.5 Å². The minimum absolute atomic E-state index is 0.108. The lowest BCUT2D eigenvalue weighted by atomic mass is 10.2.